The van der Waals surface area contributed by atoms with Crippen molar-refractivity contribution in [1.29, 1.82) is 0 Å². The first-order chi connectivity index (χ1) is 15.7. The van der Waals surface area contributed by atoms with E-state index < -0.39 is 5.56 Å². The Hall–Kier alpha value is -3.41. The molecule has 0 saturated carbocycles. The fourth-order valence-electron chi connectivity index (χ4n) is 3.57. The molecule has 0 spiro atoms. The molecule has 1 heterocycles. The predicted octanol–water partition coefficient (Wildman–Crippen LogP) is 5.51. The number of pyridine rings is 1. The third-order valence-corrected chi connectivity index (χ3v) is 5.06. The van der Waals surface area contributed by atoms with Gasteiger partial charge in [-0.3, -0.25) is 9.59 Å². The first-order valence-electron chi connectivity index (χ1n) is 11.2. The van der Waals surface area contributed by atoms with Gasteiger partial charge in [-0.1, -0.05) is 58.0 Å². The van der Waals surface area contributed by atoms with Gasteiger partial charge < -0.3 is 14.6 Å². The molecule has 3 rings (SSSR count). The molecule has 1 amide bonds. The van der Waals surface area contributed by atoms with E-state index in [1.54, 1.807) is 23.1 Å². The number of hydrogen-bond donors (Lipinski definition) is 1. The van der Waals surface area contributed by atoms with E-state index in [9.17, 15) is 14.0 Å². The highest BCUT2D eigenvalue weighted by Crippen LogP contribution is 2.23. The number of benzene rings is 2. The normalized spacial score (nSPS) is 11.1. The predicted molar refractivity (Wildman–Crippen MR) is 129 cm³/mol. The minimum Gasteiger partial charge on any atom is -0.487 e. The van der Waals surface area contributed by atoms with Gasteiger partial charge in [0.25, 0.3) is 11.5 Å². The van der Waals surface area contributed by atoms with E-state index in [1.165, 1.54) is 18.3 Å². The van der Waals surface area contributed by atoms with E-state index in [0.29, 0.717) is 19.7 Å². The topological polar surface area (TPSA) is 62.4 Å². The van der Waals surface area contributed by atoms with Crippen molar-refractivity contribution in [2.45, 2.75) is 34.2 Å². The lowest BCUT2D eigenvalue weighted by Crippen LogP contribution is -2.35. The number of hydrogen-bond acceptors (Lipinski definition) is 3. The Balaban J connectivity index is 1.90. The second kappa shape index (κ2) is 10.9. The fraction of sp³-hybridized carbons (Fsp3) is 0.333. The molecule has 0 aliphatic rings. The standard InChI is InChI=1S/C27H31FN2O3/c1-18(2)15-30(27(32)24-12-13-29-26(31)25(24)33-17-19(3)4)16-20-6-5-7-22(14-20)21-8-10-23(28)11-9-21/h5-14,18-19H,15-17H2,1-4H3,(H,29,31). The summed E-state index contributed by atoms with van der Waals surface area (Å²) in [5, 5.41) is 0. The summed E-state index contributed by atoms with van der Waals surface area (Å²) in [7, 11) is 0. The van der Waals surface area contributed by atoms with E-state index in [0.717, 1.165) is 16.7 Å². The number of aromatic amines is 1. The molecule has 0 atom stereocenters. The average molecular weight is 451 g/mol. The molecule has 0 unspecified atom stereocenters. The summed E-state index contributed by atoms with van der Waals surface area (Å²) in [6, 6.07) is 15.8. The van der Waals surface area contributed by atoms with Crippen molar-refractivity contribution < 1.29 is 13.9 Å². The third kappa shape index (κ3) is 6.54. The zero-order chi connectivity index (χ0) is 24.0. The zero-order valence-electron chi connectivity index (χ0n) is 19.6. The van der Waals surface area contributed by atoms with Crippen LogP contribution in [-0.4, -0.2) is 28.9 Å². The molecule has 0 aliphatic carbocycles. The van der Waals surface area contributed by atoms with Gasteiger partial charge in [-0.15, -0.1) is 0 Å². The second-order valence-electron chi connectivity index (χ2n) is 9.04. The molecule has 6 heteroatoms. The average Bonchev–Trinajstić information content (AvgIpc) is 2.77. The van der Waals surface area contributed by atoms with Crippen LogP contribution in [0.4, 0.5) is 4.39 Å². The molecule has 0 aliphatic heterocycles. The molecule has 1 N–H and O–H groups in total. The van der Waals surface area contributed by atoms with Crippen LogP contribution in [0.5, 0.6) is 5.75 Å². The number of amides is 1. The second-order valence-corrected chi connectivity index (χ2v) is 9.04. The molecule has 0 radical (unpaired) electrons. The largest absolute Gasteiger partial charge is 0.487 e. The molecule has 2 aromatic carbocycles. The molecule has 33 heavy (non-hydrogen) atoms. The van der Waals surface area contributed by atoms with Gasteiger partial charge in [0.1, 0.15) is 5.82 Å². The summed E-state index contributed by atoms with van der Waals surface area (Å²) in [4.78, 5) is 30.3. The highest BCUT2D eigenvalue weighted by Gasteiger charge is 2.23. The lowest BCUT2D eigenvalue weighted by Gasteiger charge is -2.26. The maximum atomic E-state index is 13.5. The van der Waals surface area contributed by atoms with E-state index in [4.69, 9.17) is 4.74 Å². The number of aromatic nitrogens is 1. The maximum absolute atomic E-state index is 13.5. The van der Waals surface area contributed by atoms with Crippen molar-refractivity contribution in [1.82, 2.24) is 9.88 Å². The van der Waals surface area contributed by atoms with Gasteiger partial charge >= 0.3 is 0 Å². The van der Waals surface area contributed by atoms with Crippen molar-refractivity contribution in [3.05, 3.63) is 88.1 Å². The Morgan fingerprint density at radius 3 is 2.39 bits per heavy atom. The maximum Gasteiger partial charge on any atom is 0.291 e. The van der Waals surface area contributed by atoms with Crippen molar-refractivity contribution >= 4 is 5.91 Å². The van der Waals surface area contributed by atoms with E-state index in [2.05, 4.69) is 4.98 Å². The zero-order valence-corrected chi connectivity index (χ0v) is 19.6. The quantitative estimate of drug-likeness (QED) is 0.467. The van der Waals surface area contributed by atoms with Crippen molar-refractivity contribution in [3.8, 4) is 16.9 Å². The van der Waals surface area contributed by atoms with E-state index >= 15 is 0 Å². The summed E-state index contributed by atoms with van der Waals surface area (Å²) in [5.41, 5.74) is 2.64. The molecule has 1 aromatic heterocycles. The van der Waals surface area contributed by atoms with E-state index in [-0.39, 0.29) is 34.9 Å². The lowest BCUT2D eigenvalue weighted by atomic mass is 10.0. The van der Waals surface area contributed by atoms with Gasteiger partial charge in [0.05, 0.1) is 12.2 Å². The monoisotopic (exact) mass is 450 g/mol. The van der Waals surface area contributed by atoms with Gasteiger partial charge in [0.2, 0.25) is 0 Å². The van der Waals surface area contributed by atoms with Gasteiger partial charge in [-0.25, -0.2) is 4.39 Å². The van der Waals surface area contributed by atoms with Crippen LogP contribution in [0, 0.1) is 17.7 Å². The van der Waals surface area contributed by atoms with Gasteiger partial charge in [-0.2, -0.15) is 0 Å². The number of H-pyrrole nitrogens is 1. The molecule has 0 saturated heterocycles. The van der Waals surface area contributed by atoms with Crippen LogP contribution < -0.4 is 10.3 Å². The minimum atomic E-state index is -0.413. The number of nitrogens with zero attached hydrogens (tertiary/aromatic N) is 1. The number of carbonyl (C=O) groups excluding carboxylic acids is 1. The molecule has 0 bridgehead atoms. The van der Waals surface area contributed by atoms with Crippen molar-refractivity contribution in [3.63, 3.8) is 0 Å². The molecule has 5 nitrogen and oxygen atoms in total. The lowest BCUT2D eigenvalue weighted by molar-refractivity contribution is 0.0717. The summed E-state index contributed by atoms with van der Waals surface area (Å²) in [5.74, 6) is -0.0208. The Bertz CT molecular complexity index is 1140. The number of ether oxygens (including phenoxy) is 1. The summed E-state index contributed by atoms with van der Waals surface area (Å²) in [6.07, 6.45) is 1.47. The van der Waals surface area contributed by atoms with Crippen molar-refractivity contribution in [2.24, 2.45) is 11.8 Å². The third-order valence-electron chi connectivity index (χ3n) is 5.06. The van der Waals surface area contributed by atoms with Crippen LogP contribution in [-0.2, 0) is 6.54 Å². The number of nitrogens with one attached hydrogen (secondary N) is 1. The van der Waals surface area contributed by atoms with Crippen LogP contribution in [0.3, 0.4) is 0 Å². The highest BCUT2D eigenvalue weighted by atomic mass is 19.1. The molecule has 3 aromatic rings. The number of carbonyl (C=O) groups is 1. The highest BCUT2D eigenvalue weighted by molar-refractivity contribution is 5.96. The SMILES string of the molecule is CC(C)COc1c(C(=O)N(Cc2cccc(-c3ccc(F)cc3)c2)CC(C)C)cc[nH]c1=O. The number of halogens is 1. The Labute approximate surface area is 194 Å². The summed E-state index contributed by atoms with van der Waals surface area (Å²) in [6.45, 7) is 9.30. The summed E-state index contributed by atoms with van der Waals surface area (Å²) < 4.78 is 19.0. The Kier molecular flexibility index (Phi) is 8.04. The van der Waals surface area contributed by atoms with Crippen LogP contribution >= 0.6 is 0 Å². The Morgan fingerprint density at radius 2 is 1.73 bits per heavy atom. The fourth-order valence-corrected chi connectivity index (χ4v) is 3.57. The van der Waals surface area contributed by atoms with Gasteiger partial charge in [0.15, 0.2) is 5.75 Å². The Morgan fingerprint density at radius 1 is 1.00 bits per heavy atom. The first kappa shape index (κ1) is 24.2. The molecule has 0 fully saturated rings. The van der Waals surface area contributed by atoms with Crippen LogP contribution in [0.2, 0.25) is 0 Å². The minimum absolute atomic E-state index is 0.0602. The van der Waals surface area contributed by atoms with Crippen LogP contribution in [0.15, 0.2) is 65.6 Å². The van der Waals surface area contributed by atoms with Gasteiger partial charge in [0, 0.05) is 19.3 Å². The first-order valence-corrected chi connectivity index (χ1v) is 11.2. The number of rotatable bonds is 9. The molecular weight excluding hydrogens is 419 g/mol. The van der Waals surface area contributed by atoms with Crippen LogP contribution in [0.25, 0.3) is 11.1 Å². The smallest absolute Gasteiger partial charge is 0.291 e. The molecule has 174 valence electrons. The van der Waals surface area contributed by atoms with Crippen molar-refractivity contribution in [2.75, 3.05) is 13.2 Å². The van der Waals surface area contributed by atoms with E-state index in [1.807, 2.05) is 52.0 Å². The summed E-state index contributed by atoms with van der Waals surface area (Å²) >= 11 is 0. The van der Waals surface area contributed by atoms with Gasteiger partial charge in [-0.05, 0) is 52.8 Å². The molecular formula is C27H31FN2O3. The van der Waals surface area contributed by atoms with Crippen LogP contribution in [0.1, 0.15) is 43.6 Å².